The monoisotopic (exact) mass is 510 g/mol. The van der Waals surface area contributed by atoms with E-state index >= 15 is 0 Å². The van der Waals surface area contributed by atoms with E-state index in [1.165, 1.54) is 17.0 Å². The number of anilines is 1. The third kappa shape index (κ3) is 6.46. The highest BCUT2D eigenvalue weighted by Crippen LogP contribution is 2.36. The lowest BCUT2D eigenvalue weighted by Gasteiger charge is -2.37. The first-order valence-corrected chi connectivity index (χ1v) is 12.9. The molecule has 2 atom stereocenters. The average Bonchev–Trinajstić information content (AvgIpc) is 3.20. The van der Waals surface area contributed by atoms with Crippen molar-refractivity contribution in [3.05, 3.63) is 65.5 Å². The number of carbonyl (C=O) groups excluding carboxylic acids is 3. The molecule has 1 N–H and O–H groups in total. The van der Waals surface area contributed by atoms with Gasteiger partial charge in [-0.15, -0.1) is 0 Å². The molecule has 0 saturated carbocycles. The van der Waals surface area contributed by atoms with Crippen molar-refractivity contribution in [2.75, 3.05) is 38.0 Å². The maximum absolute atomic E-state index is 13.9. The van der Waals surface area contributed by atoms with Gasteiger partial charge in [-0.25, -0.2) is 9.18 Å². The van der Waals surface area contributed by atoms with Gasteiger partial charge in [0.1, 0.15) is 5.82 Å². The number of hydrogen-bond donors (Lipinski definition) is 1. The molecule has 8 nitrogen and oxygen atoms in total. The molecule has 2 fully saturated rings. The zero-order valence-electron chi connectivity index (χ0n) is 21.7. The lowest BCUT2D eigenvalue weighted by molar-refractivity contribution is -0.138. The van der Waals surface area contributed by atoms with Gasteiger partial charge in [0.25, 0.3) is 0 Å². The molecule has 2 saturated heterocycles. The summed E-state index contributed by atoms with van der Waals surface area (Å²) < 4.78 is 19.3. The SMILES string of the molecule is CCN1CCN(C(=O)C2C(c3cccc(NC(=O)CC(C)C)c3)OC(=O)N2Cc2ccc(F)cc2)CC1. The van der Waals surface area contributed by atoms with E-state index < -0.39 is 18.2 Å². The number of rotatable bonds is 8. The number of piperazine rings is 1. The maximum Gasteiger partial charge on any atom is 0.411 e. The standard InChI is InChI=1S/C28H35FN4O4/c1-4-31-12-14-32(15-13-31)27(35)25-26(21-6-5-7-23(17-21)30-24(34)16-19(2)3)37-28(36)33(25)18-20-8-10-22(29)11-9-20/h5-11,17,19,25-26H,4,12-16,18H2,1-3H3,(H,30,34). The van der Waals surface area contributed by atoms with Crippen molar-refractivity contribution in [2.45, 2.75) is 45.9 Å². The average molecular weight is 511 g/mol. The second kappa shape index (κ2) is 11.7. The molecule has 2 aromatic rings. The predicted octanol–water partition coefficient (Wildman–Crippen LogP) is 4.04. The largest absolute Gasteiger partial charge is 0.438 e. The van der Waals surface area contributed by atoms with E-state index in [0.29, 0.717) is 36.3 Å². The molecule has 4 rings (SSSR count). The van der Waals surface area contributed by atoms with Crippen LogP contribution in [0.3, 0.4) is 0 Å². The molecule has 2 heterocycles. The third-order valence-corrected chi connectivity index (χ3v) is 6.83. The number of cyclic esters (lactones) is 1. The summed E-state index contributed by atoms with van der Waals surface area (Å²) in [6.07, 6.45) is -1.06. The molecule has 198 valence electrons. The Balaban J connectivity index is 1.61. The fraction of sp³-hybridized carbons (Fsp3) is 0.464. The van der Waals surface area contributed by atoms with Crippen molar-refractivity contribution in [3.8, 4) is 0 Å². The molecule has 0 radical (unpaired) electrons. The number of likely N-dealkylation sites (N-methyl/N-ethyl adjacent to an activating group) is 1. The highest BCUT2D eigenvalue weighted by atomic mass is 19.1. The Kier molecular flexibility index (Phi) is 8.43. The minimum atomic E-state index is -0.882. The molecule has 0 spiro atoms. The summed E-state index contributed by atoms with van der Waals surface area (Å²) >= 11 is 0. The molecule has 2 aliphatic rings. The number of ether oxygens (including phenoxy) is 1. The van der Waals surface area contributed by atoms with Gasteiger partial charge in [0.05, 0.1) is 6.54 Å². The van der Waals surface area contributed by atoms with Crippen LogP contribution in [0.25, 0.3) is 0 Å². The van der Waals surface area contributed by atoms with Crippen LogP contribution in [-0.4, -0.2) is 71.4 Å². The van der Waals surface area contributed by atoms with Crippen LogP contribution in [0.5, 0.6) is 0 Å². The maximum atomic E-state index is 13.9. The van der Waals surface area contributed by atoms with Crippen molar-refractivity contribution < 1.29 is 23.5 Å². The topological polar surface area (TPSA) is 82.2 Å². The minimum Gasteiger partial charge on any atom is -0.438 e. The lowest BCUT2D eigenvalue weighted by Crippen LogP contribution is -2.54. The second-order valence-electron chi connectivity index (χ2n) is 10.0. The third-order valence-electron chi connectivity index (χ3n) is 6.83. The molecule has 0 aromatic heterocycles. The van der Waals surface area contributed by atoms with Crippen molar-refractivity contribution in [1.82, 2.24) is 14.7 Å². The number of carbonyl (C=O) groups is 3. The summed E-state index contributed by atoms with van der Waals surface area (Å²) in [4.78, 5) is 44.8. The fourth-order valence-electron chi connectivity index (χ4n) is 4.83. The lowest BCUT2D eigenvalue weighted by atomic mass is 9.99. The summed E-state index contributed by atoms with van der Waals surface area (Å²) in [5.41, 5.74) is 1.91. The Hall–Kier alpha value is -3.46. The van der Waals surface area contributed by atoms with E-state index in [9.17, 15) is 18.8 Å². The number of hydrogen-bond acceptors (Lipinski definition) is 5. The van der Waals surface area contributed by atoms with Gasteiger partial charge < -0.3 is 19.9 Å². The smallest absolute Gasteiger partial charge is 0.411 e. The van der Waals surface area contributed by atoms with E-state index in [4.69, 9.17) is 4.74 Å². The number of amides is 3. The molecule has 2 aliphatic heterocycles. The first-order valence-electron chi connectivity index (χ1n) is 12.9. The fourth-order valence-corrected chi connectivity index (χ4v) is 4.83. The molecule has 2 unspecified atom stereocenters. The van der Waals surface area contributed by atoms with Crippen molar-refractivity contribution in [1.29, 1.82) is 0 Å². The van der Waals surface area contributed by atoms with Gasteiger partial charge >= 0.3 is 6.09 Å². The highest BCUT2D eigenvalue weighted by Gasteiger charge is 2.48. The normalized spacial score (nSPS) is 20.3. The van der Waals surface area contributed by atoms with Gasteiger partial charge in [-0.3, -0.25) is 14.5 Å². The van der Waals surface area contributed by atoms with E-state index in [-0.39, 0.29) is 30.1 Å². The summed E-state index contributed by atoms with van der Waals surface area (Å²) in [6, 6.07) is 12.1. The zero-order valence-corrected chi connectivity index (χ0v) is 21.7. The van der Waals surface area contributed by atoms with Gasteiger partial charge in [-0.05, 0) is 47.9 Å². The van der Waals surface area contributed by atoms with Crippen LogP contribution in [0.1, 0.15) is 44.4 Å². The van der Waals surface area contributed by atoms with Gasteiger partial charge in [-0.2, -0.15) is 0 Å². The number of nitrogens with zero attached hydrogens (tertiary/aromatic N) is 3. The highest BCUT2D eigenvalue weighted by molar-refractivity contribution is 5.91. The number of benzene rings is 2. The molecule has 0 aliphatic carbocycles. The van der Waals surface area contributed by atoms with E-state index in [1.54, 1.807) is 41.3 Å². The molecule has 9 heteroatoms. The Morgan fingerprint density at radius 3 is 2.43 bits per heavy atom. The van der Waals surface area contributed by atoms with Gasteiger partial charge in [0.2, 0.25) is 11.8 Å². The van der Waals surface area contributed by atoms with Gasteiger partial charge in [0.15, 0.2) is 12.1 Å². The first-order chi connectivity index (χ1) is 17.7. The van der Waals surface area contributed by atoms with Crippen LogP contribution in [0.4, 0.5) is 14.9 Å². The quantitative estimate of drug-likeness (QED) is 0.580. The number of halogens is 1. The van der Waals surface area contributed by atoms with E-state index in [1.807, 2.05) is 13.8 Å². The van der Waals surface area contributed by atoms with Gasteiger partial charge in [0, 0.05) is 38.3 Å². The minimum absolute atomic E-state index is 0.102. The molecule has 2 aromatic carbocycles. The van der Waals surface area contributed by atoms with E-state index in [2.05, 4.69) is 17.1 Å². The van der Waals surface area contributed by atoms with Crippen LogP contribution in [0, 0.1) is 11.7 Å². The van der Waals surface area contributed by atoms with Crippen molar-refractivity contribution in [3.63, 3.8) is 0 Å². The summed E-state index contributed by atoms with van der Waals surface area (Å²) in [7, 11) is 0. The Bertz CT molecular complexity index is 1120. The van der Waals surface area contributed by atoms with Gasteiger partial charge in [-0.1, -0.05) is 45.0 Å². The van der Waals surface area contributed by atoms with Crippen LogP contribution in [0.2, 0.25) is 0 Å². The van der Waals surface area contributed by atoms with Crippen LogP contribution < -0.4 is 5.32 Å². The molecular formula is C28H35FN4O4. The van der Waals surface area contributed by atoms with Crippen LogP contribution in [0.15, 0.2) is 48.5 Å². The van der Waals surface area contributed by atoms with Crippen molar-refractivity contribution >= 4 is 23.6 Å². The Labute approximate surface area is 217 Å². The van der Waals surface area contributed by atoms with E-state index in [0.717, 1.165) is 19.6 Å². The predicted molar refractivity (Wildman–Crippen MR) is 138 cm³/mol. The Morgan fingerprint density at radius 1 is 1.08 bits per heavy atom. The summed E-state index contributed by atoms with van der Waals surface area (Å²) in [5, 5.41) is 2.89. The number of nitrogens with one attached hydrogen (secondary N) is 1. The zero-order chi connectivity index (χ0) is 26.5. The second-order valence-corrected chi connectivity index (χ2v) is 10.0. The molecular weight excluding hydrogens is 475 g/mol. The summed E-state index contributed by atoms with van der Waals surface area (Å²) in [5.74, 6) is -0.435. The Morgan fingerprint density at radius 2 is 1.78 bits per heavy atom. The first kappa shape index (κ1) is 26.6. The molecule has 0 bridgehead atoms. The molecule has 37 heavy (non-hydrogen) atoms. The van der Waals surface area contributed by atoms with Crippen LogP contribution in [-0.2, 0) is 20.9 Å². The van der Waals surface area contributed by atoms with Crippen molar-refractivity contribution in [2.24, 2.45) is 5.92 Å². The molecule has 3 amide bonds. The van der Waals surface area contributed by atoms with Crippen LogP contribution >= 0.6 is 0 Å². The summed E-state index contributed by atoms with van der Waals surface area (Å²) in [6.45, 7) is 9.75.